The highest BCUT2D eigenvalue weighted by molar-refractivity contribution is 7.11. The van der Waals surface area contributed by atoms with Gasteiger partial charge in [0.05, 0.1) is 25.3 Å². The van der Waals surface area contributed by atoms with Gasteiger partial charge in [0.2, 0.25) is 0 Å². The smallest absolute Gasteiger partial charge is 0.251 e. The number of amides is 1. The average Bonchev–Trinajstić information content (AvgIpc) is 3.02. The summed E-state index contributed by atoms with van der Waals surface area (Å²) in [4.78, 5) is 14.8. The van der Waals surface area contributed by atoms with E-state index < -0.39 is 0 Å². The number of methoxy groups -OCH3 is 1. The largest absolute Gasteiger partial charge is 0.493 e. The number of rotatable bonds is 7. The van der Waals surface area contributed by atoms with Crippen LogP contribution in [0.25, 0.3) is 0 Å². The van der Waals surface area contributed by atoms with Crippen LogP contribution in [0.2, 0.25) is 5.02 Å². The van der Waals surface area contributed by atoms with Gasteiger partial charge in [-0.2, -0.15) is 0 Å². The van der Waals surface area contributed by atoms with Crippen LogP contribution in [-0.4, -0.2) is 19.6 Å². The van der Waals surface area contributed by atoms with Gasteiger partial charge in [-0.25, -0.2) is 0 Å². The summed E-state index contributed by atoms with van der Waals surface area (Å²) in [6, 6.07) is 7.35. The maximum Gasteiger partial charge on any atom is 0.251 e. The number of ether oxygens (including phenoxy) is 2. The van der Waals surface area contributed by atoms with Gasteiger partial charge >= 0.3 is 0 Å². The number of hydrogen-bond donors (Lipinski definition) is 1. The van der Waals surface area contributed by atoms with Crippen molar-refractivity contribution in [3.63, 3.8) is 0 Å². The highest BCUT2D eigenvalue weighted by atomic mass is 35.5. The van der Waals surface area contributed by atoms with Gasteiger partial charge in [-0.1, -0.05) is 18.5 Å². The van der Waals surface area contributed by atoms with Gasteiger partial charge in [-0.15, -0.1) is 11.3 Å². The van der Waals surface area contributed by atoms with Crippen molar-refractivity contribution in [1.29, 1.82) is 0 Å². The molecule has 0 atom stereocenters. The summed E-state index contributed by atoms with van der Waals surface area (Å²) in [7, 11) is 1.52. The fourth-order valence-electron chi connectivity index (χ4n) is 2.11. The van der Waals surface area contributed by atoms with Crippen LogP contribution in [0, 0.1) is 0 Å². The number of thiophene rings is 1. The van der Waals surface area contributed by atoms with Crippen LogP contribution in [0.3, 0.4) is 0 Å². The third kappa shape index (κ3) is 4.39. The van der Waals surface area contributed by atoms with Crippen molar-refractivity contribution in [2.75, 3.05) is 13.7 Å². The van der Waals surface area contributed by atoms with Gasteiger partial charge in [-0.3, -0.25) is 4.79 Å². The molecule has 1 aromatic carbocycles. The van der Waals surface area contributed by atoms with Crippen molar-refractivity contribution in [2.45, 2.75) is 26.8 Å². The summed E-state index contributed by atoms with van der Waals surface area (Å²) in [5, 5.41) is 3.26. The zero-order valence-electron chi connectivity index (χ0n) is 13.4. The first-order chi connectivity index (χ1) is 11.1. The molecule has 0 spiro atoms. The topological polar surface area (TPSA) is 47.6 Å². The first-order valence-corrected chi connectivity index (χ1v) is 8.64. The lowest BCUT2D eigenvalue weighted by Gasteiger charge is -2.13. The van der Waals surface area contributed by atoms with Crippen molar-refractivity contribution in [1.82, 2.24) is 5.32 Å². The van der Waals surface area contributed by atoms with Gasteiger partial charge in [0.15, 0.2) is 11.5 Å². The van der Waals surface area contributed by atoms with Crippen molar-refractivity contribution in [3.8, 4) is 11.5 Å². The Morgan fingerprint density at radius 2 is 2.00 bits per heavy atom. The quantitative estimate of drug-likeness (QED) is 0.807. The lowest BCUT2D eigenvalue weighted by molar-refractivity contribution is 0.0951. The molecule has 0 bridgehead atoms. The first kappa shape index (κ1) is 17.6. The van der Waals surface area contributed by atoms with E-state index in [1.807, 2.05) is 13.0 Å². The number of carbonyl (C=O) groups is 1. The SMILES string of the molecule is CCOc1c(Cl)cc(C(=O)NCc2ccc(CC)s2)cc1OC. The van der Waals surface area contributed by atoms with Crippen molar-refractivity contribution < 1.29 is 14.3 Å². The zero-order chi connectivity index (χ0) is 16.8. The van der Waals surface area contributed by atoms with Crippen molar-refractivity contribution >= 4 is 28.8 Å². The molecule has 0 radical (unpaired) electrons. The molecule has 1 heterocycles. The maximum absolute atomic E-state index is 12.3. The minimum atomic E-state index is -0.195. The standard InChI is InChI=1S/C17H20ClNO3S/c1-4-12-6-7-13(23-12)10-19-17(20)11-8-14(18)16(22-5-2)15(9-11)21-3/h6-9H,4-5,10H2,1-3H3,(H,19,20). The number of carbonyl (C=O) groups excluding carboxylic acids is 1. The minimum Gasteiger partial charge on any atom is -0.493 e. The highest BCUT2D eigenvalue weighted by Crippen LogP contribution is 2.36. The molecule has 0 aliphatic heterocycles. The Labute approximate surface area is 145 Å². The molecule has 0 aliphatic carbocycles. The lowest BCUT2D eigenvalue weighted by Crippen LogP contribution is -2.22. The van der Waals surface area contributed by atoms with Crippen molar-refractivity contribution in [3.05, 3.63) is 44.6 Å². The predicted octanol–water partition coefficient (Wildman–Crippen LogP) is 4.30. The van der Waals surface area contributed by atoms with Crippen LogP contribution in [0.15, 0.2) is 24.3 Å². The van der Waals surface area contributed by atoms with E-state index in [0.29, 0.717) is 35.2 Å². The molecule has 1 N–H and O–H groups in total. The van der Waals surface area contributed by atoms with E-state index in [9.17, 15) is 4.79 Å². The second-order valence-electron chi connectivity index (χ2n) is 4.83. The second kappa shape index (κ2) is 8.22. The number of nitrogens with one attached hydrogen (secondary N) is 1. The fraction of sp³-hybridized carbons (Fsp3) is 0.353. The molecule has 0 unspecified atom stereocenters. The minimum absolute atomic E-state index is 0.195. The molecule has 23 heavy (non-hydrogen) atoms. The van der Waals surface area contributed by atoms with E-state index >= 15 is 0 Å². The van der Waals surface area contributed by atoms with Crippen LogP contribution in [0.5, 0.6) is 11.5 Å². The molecule has 2 aromatic rings. The highest BCUT2D eigenvalue weighted by Gasteiger charge is 2.15. The lowest BCUT2D eigenvalue weighted by atomic mass is 10.2. The van der Waals surface area contributed by atoms with E-state index in [1.54, 1.807) is 23.5 Å². The Hall–Kier alpha value is -1.72. The van der Waals surface area contributed by atoms with Crippen LogP contribution in [0.4, 0.5) is 0 Å². The molecule has 0 aliphatic rings. The molecule has 124 valence electrons. The molecule has 0 saturated heterocycles. The third-order valence-electron chi connectivity index (χ3n) is 3.27. The second-order valence-corrected chi connectivity index (χ2v) is 6.49. The summed E-state index contributed by atoms with van der Waals surface area (Å²) in [6.07, 6.45) is 1.00. The monoisotopic (exact) mass is 353 g/mol. The van der Waals surface area contributed by atoms with Gasteiger partial charge in [0.1, 0.15) is 0 Å². The van der Waals surface area contributed by atoms with Gasteiger partial charge < -0.3 is 14.8 Å². The first-order valence-electron chi connectivity index (χ1n) is 7.45. The Kier molecular flexibility index (Phi) is 6.30. The van der Waals surface area contributed by atoms with E-state index in [1.165, 1.54) is 12.0 Å². The number of halogens is 1. The van der Waals surface area contributed by atoms with Crippen molar-refractivity contribution in [2.24, 2.45) is 0 Å². The van der Waals surface area contributed by atoms with E-state index in [4.69, 9.17) is 21.1 Å². The number of hydrogen-bond acceptors (Lipinski definition) is 4. The number of benzene rings is 1. The Balaban J connectivity index is 2.11. The van der Waals surface area contributed by atoms with Gasteiger partial charge in [-0.05, 0) is 37.6 Å². The fourth-order valence-corrected chi connectivity index (χ4v) is 3.27. The zero-order valence-corrected chi connectivity index (χ0v) is 15.0. The average molecular weight is 354 g/mol. The Morgan fingerprint density at radius 3 is 2.61 bits per heavy atom. The molecular weight excluding hydrogens is 334 g/mol. The maximum atomic E-state index is 12.3. The van der Waals surface area contributed by atoms with Crippen LogP contribution >= 0.6 is 22.9 Å². The van der Waals surface area contributed by atoms with E-state index in [-0.39, 0.29) is 5.91 Å². The Morgan fingerprint density at radius 1 is 1.26 bits per heavy atom. The third-order valence-corrected chi connectivity index (χ3v) is 4.78. The normalized spacial score (nSPS) is 10.4. The number of aryl methyl sites for hydroxylation is 1. The summed E-state index contributed by atoms with van der Waals surface area (Å²) in [5.74, 6) is 0.715. The van der Waals surface area contributed by atoms with Crippen LogP contribution in [-0.2, 0) is 13.0 Å². The van der Waals surface area contributed by atoms with E-state index in [2.05, 4.69) is 18.3 Å². The van der Waals surface area contributed by atoms with Gasteiger partial charge in [0.25, 0.3) is 5.91 Å². The van der Waals surface area contributed by atoms with Crippen LogP contribution in [0.1, 0.15) is 34.0 Å². The van der Waals surface area contributed by atoms with Gasteiger partial charge in [0, 0.05) is 15.3 Å². The summed E-state index contributed by atoms with van der Waals surface area (Å²) in [6.45, 7) is 4.95. The van der Waals surface area contributed by atoms with Crippen LogP contribution < -0.4 is 14.8 Å². The molecule has 2 rings (SSSR count). The van der Waals surface area contributed by atoms with E-state index in [0.717, 1.165) is 11.3 Å². The molecule has 0 saturated carbocycles. The summed E-state index contributed by atoms with van der Waals surface area (Å²) < 4.78 is 10.7. The molecule has 1 amide bonds. The molecular formula is C17H20ClNO3S. The summed E-state index contributed by atoms with van der Waals surface area (Å²) in [5.41, 5.74) is 0.447. The predicted molar refractivity (Wildman–Crippen MR) is 94.0 cm³/mol. The molecule has 1 aromatic heterocycles. The molecule has 4 nitrogen and oxygen atoms in total. The summed E-state index contributed by atoms with van der Waals surface area (Å²) >= 11 is 7.90. The Bertz CT molecular complexity index is 684. The molecule has 0 fully saturated rings. The molecule has 6 heteroatoms.